The zero-order valence-electron chi connectivity index (χ0n) is 22.5. The van der Waals surface area contributed by atoms with E-state index in [2.05, 4.69) is 10.3 Å². The number of benzene rings is 2. The summed E-state index contributed by atoms with van der Waals surface area (Å²) < 4.78 is 74.4. The molecule has 0 atom stereocenters. The molecule has 1 amide bonds. The number of methoxy groups -OCH3 is 1. The lowest BCUT2D eigenvalue weighted by Gasteiger charge is -2.35. The van der Waals surface area contributed by atoms with Crippen molar-refractivity contribution in [3.8, 4) is 5.75 Å². The minimum Gasteiger partial charge on any atom is -0.495 e. The number of carbonyl (C=O) groups excluding carboxylic acids is 1. The maximum atomic E-state index is 13.8. The number of thiophene rings is 1. The van der Waals surface area contributed by atoms with Crippen molar-refractivity contribution in [3.63, 3.8) is 0 Å². The molecular formula is C27H26F3N5O5S2. The molecule has 1 saturated heterocycles. The molecule has 1 fully saturated rings. The van der Waals surface area contributed by atoms with Gasteiger partial charge in [0.05, 0.1) is 30.1 Å². The fourth-order valence-electron chi connectivity index (χ4n) is 4.85. The molecule has 0 aliphatic carbocycles. The largest absolute Gasteiger partial charge is 0.495 e. The predicted octanol–water partition coefficient (Wildman–Crippen LogP) is 3.94. The molecule has 1 N–H and O–H groups in total. The van der Waals surface area contributed by atoms with Crippen LogP contribution in [-0.2, 0) is 27.5 Å². The molecule has 15 heteroatoms. The average molecular weight is 622 g/mol. The number of nitrogens with one attached hydrogen (secondary N) is 1. The third-order valence-corrected chi connectivity index (χ3v) is 10.1. The highest BCUT2D eigenvalue weighted by Crippen LogP contribution is 2.35. The minimum absolute atomic E-state index is 0.0983. The highest BCUT2D eigenvalue weighted by atomic mass is 32.2. The summed E-state index contributed by atoms with van der Waals surface area (Å²) in [6, 6.07) is 11.6. The lowest BCUT2D eigenvalue weighted by Crippen LogP contribution is -2.49. The lowest BCUT2D eigenvalue weighted by atomic mass is 10.2. The standard InChI is InChI=1S/C27H26F3N5O5S2/c1-17-24(42(38,39)35-12-10-33(11-13-35)20-8-3-4-9-21(20)40-2)23-25(41-17)31-16-34(26(23)37)15-22(36)32-19-7-5-6-18(14-19)27(28,29)30/h3-9,14,16H,10-13,15H2,1-2H3,(H,32,36). The van der Waals surface area contributed by atoms with E-state index in [9.17, 15) is 31.2 Å². The van der Waals surface area contributed by atoms with Crippen LogP contribution < -0.4 is 20.5 Å². The van der Waals surface area contributed by atoms with Crippen molar-refractivity contribution < 1.29 is 31.1 Å². The second-order valence-electron chi connectivity index (χ2n) is 9.53. The Morgan fingerprint density at radius 2 is 1.81 bits per heavy atom. The van der Waals surface area contributed by atoms with E-state index in [-0.39, 0.29) is 33.9 Å². The summed E-state index contributed by atoms with van der Waals surface area (Å²) in [6.45, 7) is 2.16. The van der Waals surface area contributed by atoms with Crippen LogP contribution in [0.2, 0.25) is 0 Å². The minimum atomic E-state index is -4.59. The molecule has 1 aliphatic heterocycles. The number of aryl methyl sites for hydroxylation is 1. The van der Waals surface area contributed by atoms with Crippen LogP contribution in [0.25, 0.3) is 10.2 Å². The van der Waals surface area contributed by atoms with E-state index in [4.69, 9.17) is 4.74 Å². The molecule has 1 aliphatic rings. The zero-order valence-corrected chi connectivity index (χ0v) is 24.1. The number of hydrogen-bond acceptors (Lipinski definition) is 8. The summed E-state index contributed by atoms with van der Waals surface area (Å²) in [5.41, 5.74) is -0.925. The number of alkyl halides is 3. The number of aromatic nitrogens is 2. The highest BCUT2D eigenvalue weighted by molar-refractivity contribution is 7.89. The molecule has 4 aromatic rings. The second kappa shape index (κ2) is 11.4. The first-order valence-corrected chi connectivity index (χ1v) is 15.0. The molecule has 3 heterocycles. The second-order valence-corrected chi connectivity index (χ2v) is 12.6. The number of amides is 1. The van der Waals surface area contributed by atoms with Gasteiger partial charge in [0.1, 0.15) is 22.0 Å². The number of anilines is 2. The van der Waals surface area contributed by atoms with Gasteiger partial charge in [0, 0.05) is 36.7 Å². The molecule has 2 aromatic carbocycles. The number of hydrogen-bond donors (Lipinski definition) is 1. The number of para-hydroxylation sites is 2. The summed E-state index contributed by atoms with van der Waals surface area (Å²) in [5.74, 6) is -0.0985. The van der Waals surface area contributed by atoms with Gasteiger partial charge in [0.2, 0.25) is 15.9 Å². The molecule has 5 rings (SSSR count). The van der Waals surface area contributed by atoms with Crippen molar-refractivity contribution in [2.75, 3.05) is 43.5 Å². The van der Waals surface area contributed by atoms with Crippen LogP contribution in [0.4, 0.5) is 24.5 Å². The quantitative estimate of drug-likeness (QED) is 0.333. The monoisotopic (exact) mass is 621 g/mol. The van der Waals surface area contributed by atoms with Crippen molar-refractivity contribution in [1.29, 1.82) is 0 Å². The van der Waals surface area contributed by atoms with Crippen LogP contribution in [0, 0.1) is 6.92 Å². The Balaban J connectivity index is 1.38. The van der Waals surface area contributed by atoms with Crippen LogP contribution >= 0.6 is 11.3 Å². The molecule has 0 unspecified atom stereocenters. The lowest BCUT2D eigenvalue weighted by molar-refractivity contribution is -0.137. The molecular weight excluding hydrogens is 595 g/mol. The Bertz CT molecular complexity index is 1810. The fraction of sp³-hybridized carbons (Fsp3) is 0.296. The Hall–Kier alpha value is -3.95. The summed E-state index contributed by atoms with van der Waals surface area (Å²) in [6.07, 6.45) is -3.47. The van der Waals surface area contributed by atoms with Gasteiger partial charge in [0.15, 0.2) is 0 Å². The highest BCUT2D eigenvalue weighted by Gasteiger charge is 2.34. The van der Waals surface area contributed by atoms with Gasteiger partial charge in [-0.25, -0.2) is 13.4 Å². The van der Waals surface area contributed by atoms with Gasteiger partial charge in [0.25, 0.3) is 5.56 Å². The van der Waals surface area contributed by atoms with Crippen molar-refractivity contribution >= 4 is 48.9 Å². The Morgan fingerprint density at radius 1 is 1.10 bits per heavy atom. The zero-order chi connectivity index (χ0) is 30.2. The van der Waals surface area contributed by atoms with E-state index < -0.39 is 39.8 Å². The smallest absolute Gasteiger partial charge is 0.416 e. The van der Waals surface area contributed by atoms with E-state index in [1.807, 2.05) is 29.2 Å². The van der Waals surface area contributed by atoms with E-state index in [0.717, 1.165) is 46.1 Å². The van der Waals surface area contributed by atoms with E-state index in [0.29, 0.717) is 23.7 Å². The van der Waals surface area contributed by atoms with Gasteiger partial charge in [-0.15, -0.1) is 11.3 Å². The Morgan fingerprint density at radius 3 is 2.50 bits per heavy atom. The number of rotatable bonds is 7. The molecule has 222 valence electrons. The fourth-order valence-corrected chi connectivity index (χ4v) is 7.94. The normalized spacial score (nSPS) is 14.7. The molecule has 42 heavy (non-hydrogen) atoms. The van der Waals surface area contributed by atoms with Crippen LogP contribution in [-0.4, -0.2) is 61.5 Å². The Kier molecular flexibility index (Phi) is 8.00. The predicted molar refractivity (Wildman–Crippen MR) is 153 cm³/mol. The molecule has 0 radical (unpaired) electrons. The van der Waals surface area contributed by atoms with E-state index in [1.54, 1.807) is 14.0 Å². The van der Waals surface area contributed by atoms with Gasteiger partial charge in [-0.2, -0.15) is 17.5 Å². The first kappa shape index (κ1) is 29.5. The average Bonchev–Trinajstić information content (AvgIpc) is 3.31. The number of sulfonamides is 1. The van der Waals surface area contributed by atoms with E-state index >= 15 is 0 Å². The number of fused-ring (bicyclic) bond motifs is 1. The first-order chi connectivity index (χ1) is 19.9. The van der Waals surface area contributed by atoms with Crippen LogP contribution in [0.3, 0.4) is 0 Å². The Labute approximate surface area is 243 Å². The molecule has 0 saturated carbocycles. The van der Waals surface area contributed by atoms with Crippen LogP contribution in [0.5, 0.6) is 5.75 Å². The number of ether oxygens (including phenoxy) is 1. The summed E-state index contributed by atoms with van der Waals surface area (Å²) in [4.78, 5) is 32.8. The number of carbonyl (C=O) groups is 1. The molecule has 0 bridgehead atoms. The van der Waals surface area contributed by atoms with Crippen LogP contribution in [0.1, 0.15) is 10.4 Å². The van der Waals surface area contributed by atoms with Crippen molar-refractivity contribution in [1.82, 2.24) is 13.9 Å². The van der Waals surface area contributed by atoms with Gasteiger partial charge >= 0.3 is 6.18 Å². The number of piperazine rings is 1. The SMILES string of the molecule is COc1ccccc1N1CCN(S(=O)(=O)c2c(C)sc3ncn(CC(=O)Nc4cccc(C(F)(F)F)c4)c(=O)c23)CC1. The summed E-state index contributed by atoms with van der Waals surface area (Å²) >= 11 is 1.06. The van der Waals surface area contributed by atoms with E-state index in [1.165, 1.54) is 10.4 Å². The van der Waals surface area contributed by atoms with Gasteiger partial charge in [-0.05, 0) is 37.3 Å². The topological polar surface area (TPSA) is 114 Å². The van der Waals surface area contributed by atoms with Gasteiger partial charge in [-0.3, -0.25) is 14.2 Å². The molecule has 2 aromatic heterocycles. The maximum Gasteiger partial charge on any atom is 0.416 e. The van der Waals surface area contributed by atoms with Crippen LogP contribution in [0.15, 0.2) is 64.5 Å². The summed E-state index contributed by atoms with van der Waals surface area (Å²) in [5, 5.41) is 2.22. The van der Waals surface area contributed by atoms with Gasteiger partial charge in [-0.1, -0.05) is 18.2 Å². The number of halogens is 3. The first-order valence-electron chi connectivity index (χ1n) is 12.7. The van der Waals surface area contributed by atoms with Gasteiger partial charge < -0.3 is 15.0 Å². The number of nitrogens with zero attached hydrogens (tertiary/aromatic N) is 4. The van der Waals surface area contributed by atoms with Crippen molar-refractivity contribution in [3.05, 3.63) is 75.7 Å². The maximum absolute atomic E-state index is 13.8. The summed E-state index contributed by atoms with van der Waals surface area (Å²) in [7, 11) is -2.54. The molecule has 10 nitrogen and oxygen atoms in total. The molecule has 0 spiro atoms. The van der Waals surface area contributed by atoms with Crippen molar-refractivity contribution in [2.45, 2.75) is 24.5 Å². The third-order valence-electron chi connectivity index (χ3n) is 6.85. The third kappa shape index (κ3) is 5.71. The van der Waals surface area contributed by atoms with Crippen molar-refractivity contribution in [2.24, 2.45) is 0 Å².